The third-order valence-electron chi connectivity index (χ3n) is 3.96. The molecule has 1 atom stereocenters. The molecule has 3 rings (SSSR count). The van der Waals surface area contributed by atoms with E-state index >= 15 is 0 Å². The van der Waals surface area contributed by atoms with Gasteiger partial charge in [-0.15, -0.1) is 0 Å². The molecule has 0 saturated carbocycles. The Morgan fingerprint density at radius 2 is 1.68 bits per heavy atom. The second-order valence-corrected chi connectivity index (χ2v) is 5.97. The van der Waals surface area contributed by atoms with Crippen molar-refractivity contribution in [1.82, 2.24) is 4.90 Å². The van der Waals surface area contributed by atoms with Crippen LogP contribution >= 0.6 is 15.9 Å². The van der Waals surface area contributed by atoms with Gasteiger partial charge in [0.2, 0.25) is 0 Å². The quantitative estimate of drug-likeness (QED) is 0.800. The van der Waals surface area contributed by atoms with E-state index in [1.807, 2.05) is 0 Å². The summed E-state index contributed by atoms with van der Waals surface area (Å²) in [7, 11) is 0. The third-order valence-corrected chi connectivity index (χ3v) is 4.49. The largest absolute Gasteiger partial charge is 0.371 e. The van der Waals surface area contributed by atoms with Crippen molar-refractivity contribution in [2.75, 3.05) is 31.1 Å². The van der Waals surface area contributed by atoms with Crippen LogP contribution in [0, 0.1) is 5.92 Å². The van der Waals surface area contributed by atoms with Crippen molar-refractivity contribution in [3.05, 3.63) is 40.5 Å². The molecule has 3 nitrogen and oxygen atoms in total. The Bertz CT molecular complexity index is 489. The van der Waals surface area contributed by atoms with Gasteiger partial charge in [0.05, 0.1) is 5.92 Å². The highest BCUT2D eigenvalue weighted by Crippen LogP contribution is 2.30. The van der Waals surface area contributed by atoms with Gasteiger partial charge in [-0.2, -0.15) is 0 Å². The summed E-state index contributed by atoms with van der Waals surface area (Å²) in [4.78, 5) is 15.6. The van der Waals surface area contributed by atoms with Crippen LogP contribution in [0.5, 0.6) is 0 Å². The number of carbonyl (C=O) groups excluding carboxylic acids is 1. The minimum absolute atomic E-state index is 0.152. The molecule has 1 aliphatic carbocycles. The first-order valence-electron chi connectivity index (χ1n) is 6.69. The topological polar surface area (TPSA) is 23.6 Å². The van der Waals surface area contributed by atoms with Crippen LogP contribution in [0.4, 0.5) is 5.69 Å². The number of anilines is 1. The molecule has 0 bridgehead atoms. The SMILES string of the molecule is O=C[C@H]1CC=C1N1CCN(c2ccc(Br)cc2)CC1. The number of nitrogens with zero attached hydrogens (tertiary/aromatic N) is 2. The number of halogens is 1. The number of piperazine rings is 1. The smallest absolute Gasteiger partial charge is 0.129 e. The number of aldehydes is 1. The second kappa shape index (κ2) is 5.37. The Morgan fingerprint density at radius 3 is 2.21 bits per heavy atom. The predicted molar refractivity (Wildman–Crippen MR) is 80.2 cm³/mol. The van der Waals surface area contributed by atoms with Gasteiger partial charge >= 0.3 is 0 Å². The zero-order valence-corrected chi connectivity index (χ0v) is 12.3. The standard InChI is InChI=1S/C15H17BrN2O/c16-13-2-4-14(5-3-13)17-7-9-18(10-8-17)15-6-1-12(15)11-19/h2-6,11-12H,1,7-10H2/t12-/m1/s1. The fourth-order valence-corrected chi connectivity index (χ4v) is 2.99. The highest BCUT2D eigenvalue weighted by molar-refractivity contribution is 9.10. The molecule has 0 N–H and O–H groups in total. The van der Waals surface area contributed by atoms with Crippen molar-refractivity contribution in [3.8, 4) is 0 Å². The van der Waals surface area contributed by atoms with Crippen LogP contribution < -0.4 is 4.90 Å². The van der Waals surface area contributed by atoms with E-state index in [9.17, 15) is 4.79 Å². The van der Waals surface area contributed by atoms with Crippen molar-refractivity contribution in [1.29, 1.82) is 0 Å². The molecule has 1 heterocycles. The Morgan fingerprint density at radius 1 is 1.05 bits per heavy atom. The number of hydrogen-bond acceptors (Lipinski definition) is 3. The molecule has 0 spiro atoms. The molecule has 4 heteroatoms. The summed E-state index contributed by atoms with van der Waals surface area (Å²) in [5.74, 6) is 0.152. The first-order valence-corrected chi connectivity index (χ1v) is 7.48. The van der Waals surface area contributed by atoms with Gasteiger partial charge in [-0.05, 0) is 30.7 Å². The maximum Gasteiger partial charge on any atom is 0.129 e. The highest BCUT2D eigenvalue weighted by atomic mass is 79.9. The number of carbonyl (C=O) groups is 1. The van der Waals surface area contributed by atoms with Gasteiger partial charge in [0, 0.05) is 42.0 Å². The summed E-state index contributed by atoms with van der Waals surface area (Å²) in [6.07, 6.45) is 4.19. The molecular formula is C15H17BrN2O. The van der Waals surface area contributed by atoms with Crippen LogP contribution in [-0.4, -0.2) is 37.4 Å². The molecule has 100 valence electrons. The minimum Gasteiger partial charge on any atom is -0.371 e. The van der Waals surface area contributed by atoms with E-state index in [2.05, 4.69) is 56.1 Å². The van der Waals surface area contributed by atoms with Crippen LogP contribution in [0.1, 0.15) is 6.42 Å². The summed E-state index contributed by atoms with van der Waals surface area (Å²) < 4.78 is 1.11. The van der Waals surface area contributed by atoms with Crippen molar-refractivity contribution in [2.45, 2.75) is 6.42 Å². The van der Waals surface area contributed by atoms with Gasteiger partial charge in [-0.25, -0.2) is 0 Å². The lowest BCUT2D eigenvalue weighted by Crippen LogP contribution is -2.48. The summed E-state index contributed by atoms with van der Waals surface area (Å²) in [6.45, 7) is 4.05. The maximum absolute atomic E-state index is 10.9. The van der Waals surface area contributed by atoms with Crippen molar-refractivity contribution in [2.24, 2.45) is 5.92 Å². The molecule has 1 fully saturated rings. The summed E-state index contributed by atoms with van der Waals surface area (Å²) >= 11 is 3.46. The second-order valence-electron chi connectivity index (χ2n) is 5.06. The van der Waals surface area contributed by atoms with Crippen LogP contribution in [0.2, 0.25) is 0 Å². The number of benzene rings is 1. The zero-order valence-electron chi connectivity index (χ0n) is 10.8. The first kappa shape index (κ1) is 12.7. The van der Waals surface area contributed by atoms with E-state index in [0.717, 1.165) is 43.4 Å². The molecule has 1 saturated heterocycles. The Kier molecular flexibility index (Phi) is 3.60. The third kappa shape index (κ3) is 2.54. The van der Waals surface area contributed by atoms with Crippen LogP contribution in [-0.2, 0) is 4.79 Å². The van der Waals surface area contributed by atoms with Gasteiger partial charge in [0.1, 0.15) is 6.29 Å². The summed E-state index contributed by atoms with van der Waals surface area (Å²) in [6, 6.07) is 8.46. The summed E-state index contributed by atoms with van der Waals surface area (Å²) in [5, 5.41) is 0. The van der Waals surface area contributed by atoms with Crippen LogP contribution in [0.25, 0.3) is 0 Å². The van der Waals surface area contributed by atoms with Gasteiger partial charge in [0.15, 0.2) is 0 Å². The van der Waals surface area contributed by atoms with Gasteiger partial charge in [-0.1, -0.05) is 22.0 Å². The Labute approximate surface area is 122 Å². The van der Waals surface area contributed by atoms with E-state index in [1.165, 1.54) is 11.4 Å². The fraction of sp³-hybridized carbons (Fsp3) is 0.400. The first-order chi connectivity index (χ1) is 9.28. The average Bonchev–Trinajstić information content (AvgIpc) is 2.40. The molecule has 0 aromatic heterocycles. The molecule has 1 aromatic carbocycles. The monoisotopic (exact) mass is 320 g/mol. The van der Waals surface area contributed by atoms with Crippen molar-refractivity contribution >= 4 is 27.9 Å². The van der Waals surface area contributed by atoms with E-state index < -0.39 is 0 Å². The van der Waals surface area contributed by atoms with E-state index in [0.29, 0.717) is 0 Å². The Balaban J connectivity index is 1.60. The lowest BCUT2D eigenvalue weighted by atomic mass is 9.90. The highest BCUT2D eigenvalue weighted by Gasteiger charge is 2.28. The van der Waals surface area contributed by atoms with Gasteiger partial charge in [0.25, 0.3) is 0 Å². The number of rotatable bonds is 3. The maximum atomic E-state index is 10.9. The van der Waals surface area contributed by atoms with Crippen molar-refractivity contribution in [3.63, 3.8) is 0 Å². The molecule has 2 aliphatic rings. The molecule has 19 heavy (non-hydrogen) atoms. The normalized spacial score (nSPS) is 22.8. The van der Waals surface area contributed by atoms with Gasteiger partial charge in [-0.3, -0.25) is 0 Å². The van der Waals surface area contributed by atoms with Crippen molar-refractivity contribution < 1.29 is 4.79 Å². The Hall–Kier alpha value is -1.29. The molecule has 1 aliphatic heterocycles. The van der Waals surface area contributed by atoms with E-state index in [4.69, 9.17) is 0 Å². The minimum atomic E-state index is 0.152. The lowest BCUT2D eigenvalue weighted by molar-refractivity contribution is -0.111. The van der Waals surface area contributed by atoms with Crippen LogP contribution in [0.3, 0.4) is 0 Å². The molecular weight excluding hydrogens is 304 g/mol. The lowest BCUT2D eigenvalue weighted by Gasteiger charge is -2.42. The van der Waals surface area contributed by atoms with E-state index in [-0.39, 0.29) is 5.92 Å². The number of hydrogen-bond donors (Lipinski definition) is 0. The summed E-state index contributed by atoms with van der Waals surface area (Å²) in [5.41, 5.74) is 2.52. The van der Waals surface area contributed by atoms with E-state index in [1.54, 1.807) is 0 Å². The van der Waals surface area contributed by atoms with Crippen LogP contribution in [0.15, 0.2) is 40.5 Å². The number of allylic oxidation sites excluding steroid dienone is 2. The fourth-order valence-electron chi connectivity index (χ4n) is 2.72. The van der Waals surface area contributed by atoms with Gasteiger partial charge < -0.3 is 14.6 Å². The zero-order chi connectivity index (χ0) is 13.2. The predicted octanol–water partition coefficient (Wildman–Crippen LogP) is 2.67. The molecule has 0 amide bonds. The average molecular weight is 321 g/mol. The molecule has 0 unspecified atom stereocenters. The molecule has 1 aromatic rings. The molecule has 0 radical (unpaired) electrons.